The van der Waals surface area contributed by atoms with Crippen molar-refractivity contribution in [2.45, 2.75) is 83.2 Å². The zero-order valence-corrected chi connectivity index (χ0v) is 21.0. The van der Waals surface area contributed by atoms with Gasteiger partial charge in [-0.3, -0.25) is 4.79 Å². The first-order valence-electron chi connectivity index (χ1n) is 13.1. The first-order valence-corrected chi connectivity index (χ1v) is 13.1. The molecule has 7 heteroatoms. The molecule has 0 aromatic heterocycles. The lowest BCUT2D eigenvalue weighted by atomic mass is 9.77. The van der Waals surface area contributed by atoms with Crippen LogP contribution in [0.5, 0.6) is 11.5 Å². The lowest BCUT2D eigenvalue weighted by Crippen LogP contribution is -2.25. The van der Waals surface area contributed by atoms with Crippen molar-refractivity contribution in [3.63, 3.8) is 0 Å². The molecule has 36 heavy (non-hydrogen) atoms. The van der Waals surface area contributed by atoms with Gasteiger partial charge in [0, 0.05) is 12.7 Å². The molecule has 4 nitrogen and oxygen atoms in total. The molecule has 2 aromatic rings. The summed E-state index contributed by atoms with van der Waals surface area (Å²) in [5.74, 6) is -2.75. The Morgan fingerprint density at radius 1 is 0.806 bits per heavy atom. The number of benzene rings is 2. The zero-order chi connectivity index (χ0) is 25.7. The van der Waals surface area contributed by atoms with Gasteiger partial charge in [0.2, 0.25) is 0 Å². The maximum atomic E-state index is 15.1. The molecule has 196 valence electrons. The van der Waals surface area contributed by atoms with Gasteiger partial charge in [-0.25, -0.2) is 13.2 Å². The molecule has 0 unspecified atom stereocenters. The average Bonchev–Trinajstić information content (AvgIpc) is 2.88. The van der Waals surface area contributed by atoms with Gasteiger partial charge in [0.15, 0.2) is 23.2 Å². The molecule has 2 fully saturated rings. The third-order valence-electron chi connectivity index (χ3n) is 7.58. The molecule has 0 atom stereocenters. The summed E-state index contributed by atoms with van der Waals surface area (Å²) in [7, 11) is 0. The van der Waals surface area contributed by atoms with Gasteiger partial charge in [0.25, 0.3) is 0 Å². The molecule has 0 aliphatic heterocycles. The summed E-state index contributed by atoms with van der Waals surface area (Å²) in [6.07, 6.45) is 5.68. The molecule has 2 aliphatic carbocycles. The molecular formula is C29H35F3O4. The predicted octanol–water partition coefficient (Wildman–Crippen LogP) is 7.44. The van der Waals surface area contributed by atoms with E-state index in [-0.39, 0.29) is 35.4 Å². The minimum absolute atomic E-state index is 0.0169. The van der Waals surface area contributed by atoms with Gasteiger partial charge in [0.1, 0.15) is 5.75 Å². The number of halogens is 3. The number of ether oxygens (including phenoxy) is 3. The Hall–Kier alpha value is -2.54. The predicted molar refractivity (Wildman–Crippen MR) is 131 cm³/mol. The summed E-state index contributed by atoms with van der Waals surface area (Å²) in [6, 6.07) is 7.55. The summed E-state index contributed by atoms with van der Waals surface area (Å²) in [4.78, 5) is 12.6. The normalized spacial score (nSPS) is 24.4. The number of carbonyl (C=O) groups is 1. The Bertz CT molecular complexity index is 1040. The van der Waals surface area contributed by atoms with Gasteiger partial charge in [-0.2, -0.15) is 0 Å². The van der Waals surface area contributed by atoms with E-state index in [4.69, 9.17) is 14.2 Å². The molecule has 0 radical (unpaired) electrons. The highest BCUT2D eigenvalue weighted by Gasteiger charge is 2.32. The molecule has 2 aliphatic rings. The first kappa shape index (κ1) is 26.5. The fourth-order valence-corrected chi connectivity index (χ4v) is 5.64. The monoisotopic (exact) mass is 504 g/mol. The van der Waals surface area contributed by atoms with E-state index in [1.165, 1.54) is 12.1 Å². The second-order valence-electron chi connectivity index (χ2n) is 9.80. The number of hydrogen-bond donors (Lipinski definition) is 0. The summed E-state index contributed by atoms with van der Waals surface area (Å²) in [6.45, 7) is 4.74. The smallest absolute Gasteiger partial charge is 0.314 e. The van der Waals surface area contributed by atoms with E-state index in [1.807, 2.05) is 6.92 Å². The fraction of sp³-hybridized carbons (Fsp3) is 0.552. The van der Waals surface area contributed by atoms with Crippen LogP contribution in [-0.4, -0.2) is 25.3 Å². The van der Waals surface area contributed by atoms with E-state index < -0.39 is 23.4 Å². The molecule has 0 spiro atoms. The standard InChI is InChI=1S/C29H35F3O4/c1-3-34-21-11-9-19(10-12-21)24-15-14-23(27(31)28(24)32)18-5-7-20(8-6-18)29(33)36-22-13-16-26(35-4-2)25(30)17-22/h13-21H,3-12H2,1-2H3. The molecule has 0 N–H and O–H groups in total. The van der Waals surface area contributed by atoms with Gasteiger partial charge in [-0.1, -0.05) is 12.1 Å². The molecule has 0 amide bonds. The molecule has 4 rings (SSSR count). The fourth-order valence-electron chi connectivity index (χ4n) is 5.64. The summed E-state index contributed by atoms with van der Waals surface area (Å²) < 4.78 is 60.5. The Morgan fingerprint density at radius 3 is 1.92 bits per heavy atom. The summed E-state index contributed by atoms with van der Waals surface area (Å²) in [5, 5.41) is 0. The van der Waals surface area contributed by atoms with Crippen molar-refractivity contribution in [1.82, 2.24) is 0 Å². The summed E-state index contributed by atoms with van der Waals surface area (Å²) in [5.41, 5.74) is 0.853. The van der Waals surface area contributed by atoms with E-state index in [9.17, 15) is 9.18 Å². The Balaban J connectivity index is 1.33. The highest BCUT2D eigenvalue weighted by Crippen LogP contribution is 2.41. The molecule has 2 aromatic carbocycles. The van der Waals surface area contributed by atoms with Crippen LogP contribution in [0.1, 0.15) is 88.2 Å². The second-order valence-corrected chi connectivity index (χ2v) is 9.80. The highest BCUT2D eigenvalue weighted by molar-refractivity contribution is 5.75. The minimum Gasteiger partial charge on any atom is -0.491 e. The maximum absolute atomic E-state index is 15.1. The van der Waals surface area contributed by atoms with Crippen molar-refractivity contribution in [1.29, 1.82) is 0 Å². The van der Waals surface area contributed by atoms with Crippen molar-refractivity contribution >= 4 is 5.97 Å². The molecular weight excluding hydrogens is 469 g/mol. The molecule has 2 saturated carbocycles. The van der Waals surface area contributed by atoms with Gasteiger partial charge in [0.05, 0.1) is 18.6 Å². The topological polar surface area (TPSA) is 44.8 Å². The van der Waals surface area contributed by atoms with Crippen LogP contribution in [-0.2, 0) is 9.53 Å². The van der Waals surface area contributed by atoms with Gasteiger partial charge in [-0.05, 0) is 100 Å². The van der Waals surface area contributed by atoms with E-state index in [1.54, 1.807) is 19.1 Å². The lowest BCUT2D eigenvalue weighted by Gasteiger charge is -2.30. The maximum Gasteiger partial charge on any atom is 0.314 e. The number of rotatable bonds is 8. The van der Waals surface area contributed by atoms with Crippen LogP contribution in [0.25, 0.3) is 0 Å². The first-order chi connectivity index (χ1) is 17.4. The van der Waals surface area contributed by atoms with Crippen molar-refractivity contribution in [3.8, 4) is 11.5 Å². The average molecular weight is 505 g/mol. The lowest BCUT2D eigenvalue weighted by molar-refractivity contribution is -0.140. The van der Waals surface area contributed by atoms with E-state index in [0.29, 0.717) is 50.0 Å². The van der Waals surface area contributed by atoms with E-state index in [0.717, 1.165) is 31.7 Å². The van der Waals surface area contributed by atoms with Crippen molar-refractivity contribution in [2.24, 2.45) is 5.92 Å². The summed E-state index contributed by atoms with van der Waals surface area (Å²) >= 11 is 0. The van der Waals surface area contributed by atoms with Crippen LogP contribution in [0.2, 0.25) is 0 Å². The quantitative estimate of drug-likeness (QED) is 0.277. The van der Waals surface area contributed by atoms with Crippen molar-refractivity contribution < 1.29 is 32.2 Å². The van der Waals surface area contributed by atoms with E-state index >= 15 is 8.78 Å². The van der Waals surface area contributed by atoms with Crippen molar-refractivity contribution in [3.05, 3.63) is 58.9 Å². The third kappa shape index (κ3) is 6.05. The van der Waals surface area contributed by atoms with Crippen molar-refractivity contribution in [2.75, 3.05) is 13.2 Å². The van der Waals surface area contributed by atoms with Crippen LogP contribution in [0.15, 0.2) is 30.3 Å². The number of carbonyl (C=O) groups excluding carboxylic acids is 1. The molecule has 0 saturated heterocycles. The highest BCUT2D eigenvalue weighted by atomic mass is 19.2. The molecule has 0 bridgehead atoms. The Kier molecular flexibility index (Phi) is 8.94. The number of hydrogen-bond acceptors (Lipinski definition) is 4. The minimum atomic E-state index is -0.754. The zero-order valence-electron chi connectivity index (χ0n) is 21.0. The van der Waals surface area contributed by atoms with Crippen LogP contribution in [0.4, 0.5) is 13.2 Å². The Morgan fingerprint density at radius 2 is 1.39 bits per heavy atom. The van der Waals surface area contributed by atoms with Gasteiger partial charge in [-0.15, -0.1) is 0 Å². The SMILES string of the molecule is CCOc1ccc(OC(=O)C2CCC(c3ccc(C4CCC(OCC)CC4)c(F)c3F)CC2)cc1F. The second kappa shape index (κ2) is 12.1. The number of esters is 1. The van der Waals surface area contributed by atoms with Crippen LogP contribution in [0, 0.1) is 23.4 Å². The van der Waals surface area contributed by atoms with Crippen LogP contribution < -0.4 is 9.47 Å². The van der Waals surface area contributed by atoms with Gasteiger partial charge < -0.3 is 14.2 Å². The van der Waals surface area contributed by atoms with E-state index in [2.05, 4.69) is 0 Å². The Labute approximate surface area is 211 Å². The largest absolute Gasteiger partial charge is 0.491 e. The van der Waals surface area contributed by atoms with Crippen LogP contribution in [0.3, 0.4) is 0 Å². The third-order valence-corrected chi connectivity index (χ3v) is 7.58. The van der Waals surface area contributed by atoms with Crippen LogP contribution >= 0.6 is 0 Å². The van der Waals surface area contributed by atoms with Gasteiger partial charge >= 0.3 is 5.97 Å². The molecule has 0 heterocycles.